The number of carbonyl (C=O) groups excluding carboxylic acids is 1. The van der Waals surface area contributed by atoms with Crippen molar-refractivity contribution in [1.29, 1.82) is 0 Å². The smallest absolute Gasteiger partial charge is 0.239 e. The molecule has 20 heavy (non-hydrogen) atoms. The maximum absolute atomic E-state index is 12.1. The highest BCUT2D eigenvalue weighted by molar-refractivity contribution is 7.87. The lowest BCUT2D eigenvalue weighted by molar-refractivity contribution is -0.115. The zero-order valence-electron chi connectivity index (χ0n) is 11.6. The lowest BCUT2D eigenvalue weighted by Gasteiger charge is -2.17. The topological polar surface area (TPSA) is 72.2 Å². The van der Waals surface area contributed by atoms with E-state index in [-0.39, 0.29) is 21.9 Å². The minimum absolute atomic E-state index is 0.0474. The Morgan fingerprint density at radius 1 is 1.40 bits per heavy atom. The third-order valence-electron chi connectivity index (χ3n) is 3.02. The predicted octanol–water partition coefficient (Wildman–Crippen LogP) is 3.45. The van der Waals surface area contributed by atoms with Crippen molar-refractivity contribution < 1.29 is 9.00 Å². The Hall–Kier alpha value is -0.780. The number of halogens is 2. The van der Waals surface area contributed by atoms with Crippen molar-refractivity contribution in [3.63, 3.8) is 0 Å². The maximum atomic E-state index is 12.1. The molecule has 0 saturated carbocycles. The van der Waals surface area contributed by atoms with Gasteiger partial charge in [0.05, 0.1) is 16.4 Å². The predicted molar refractivity (Wildman–Crippen MR) is 86.9 cm³/mol. The molecule has 0 heterocycles. The van der Waals surface area contributed by atoms with Gasteiger partial charge in [-0.05, 0) is 25.5 Å². The van der Waals surface area contributed by atoms with Crippen LogP contribution in [0, 0.1) is 0 Å². The van der Waals surface area contributed by atoms with Gasteiger partial charge >= 0.3 is 0 Å². The second-order valence-corrected chi connectivity index (χ2v) is 7.54. The first-order valence-corrected chi connectivity index (χ1v) is 8.25. The Balaban J connectivity index is 2.89. The van der Waals surface area contributed by atoms with Crippen molar-refractivity contribution in [2.45, 2.75) is 37.7 Å². The molecule has 4 nitrogen and oxygen atoms in total. The van der Waals surface area contributed by atoms with Crippen LogP contribution in [-0.2, 0) is 15.6 Å². The molecule has 112 valence electrons. The Bertz CT molecular complexity index is 514. The fourth-order valence-corrected chi connectivity index (χ4v) is 3.42. The molecule has 1 aromatic carbocycles. The van der Waals surface area contributed by atoms with Gasteiger partial charge in [-0.2, -0.15) is 0 Å². The van der Waals surface area contributed by atoms with Gasteiger partial charge in [-0.25, -0.2) is 0 Å². The first-order chi connectivity index (χ1) is 9.27. The number of nitrogen functional groups attached to an aromatic ring is 1. The zero-order valence-corrected chi connectivity index (χ0v) is 13.9. The molecule has 1 aromatic rings. The maximum Gasteiger partial charge on any atom is 0.239 e. The molecular formula is C13H18Cl2N2O2S. The van der Waals surface area contributed by atoms with Crippen LogP contribution in [0.25, 0.3) is 0 Å². The third-order valence-corrected chi connectivity index (χ3v) is 5.58. The van der Waals surface area contributed by atoms with Crippen LogP contribution in [0.4, 0.5) is 11.4 Å². The van der Waals surface area contributed by atoms with Crippen LogP contribution in [0.3, 0.4) is 0 Å². The summed E-state index contributed by atoms with van der Waals surface area (Å²) in [5.41, 5.74) is 6.35. The highest BCUT2D eigenvalue weighted by atomic mass is 35.5. The summed E-state index contributed by atoms with van der Waals surface area (Å²) in [7, 11) is -1.25. The molecule has 3 atom stereocenters. The van der Waals surface area contributed by atoms with E-state index in [1.54, 1.807) is 6.92 Å². The van der Waals surface area contributed by atoms with Crippen molar-refractivity contribution in [1.82, 2.24) is 0 Å². The molecule has 1 rings (SSSR count). The summed E-state index contributed by atoms with van der Waals surface area (Å²) in [5.74, 6) is -0.375. The highest BCUT2D eigenvalue weighted by Crippen LogP contribution is 2.32. The Morgan fingerprint density at radius 2 is 2.00 bits per heavy atom. The van der Waals surface area contributed by atoms with E-state index in [0.717, 1.165) is 6.42 Å². The number of anilines is 2. The van der Waals surface area contributed by atoms with E-state index in [0.29, 0.717) is 10.7 Å². The van der Waals surface area contributed by atoms with E-state index in [9.17, 15) is 9.00 Å². The summed E-state index contributed by atoms with van der Waals surface area (Å²) in [4.78, 5) is 12.1. The lowest BCUT2D eigenvalue weighted by atomic mass is 10.2. The highest BCUT2D eigenvalue weighted by Gasteiger charge is 2.24. The van der Waals surface area contributed by atoms with Crippen LogP contribution in [0.5, 0.6) is 0 Å². The van der Waals surface area contributed by atoms with Gasteiger partial charge in [0.2, 0.25) is 5.91 Å². The van der Waals surface area contributed by atoms with Crippen molar-refractivity contribution in [2.24, 2.45) is 0 Å². The normalized spacial score (nSPS) is 15.4. The molecule has 3 N–H and O–H groups in total. The quantitative estimate of drug-likeness (QED) is 0.809. The molecular weight excluding hydrogens is 319 g/mol. The lowest BCUT2D eigenvalue weighted by Crippen LogP contribution is -2.33. The number of hydrogen-bond acceptors (Lipinski definition) is 3. The minimum atomic E-state index is -1.25. The molecule has 3 unspecified atom stereocenters. The van der Waals surface area contributed by atoms with Crippen molar-refractivity contribution >= 4 is 51.3 Å². The molecule has 0 bridgehead atoms. The minimum Gasteiger partial charge on any atom is -0.397 e. The standard InChI is InChI=1S/C13H18Cl2N2O2S/c1-4-7(2)20(19)8(3)13(18)17-12-10(15)5-9(14)6-11(12)16/h5-8H,4,16H2,1-3H3,(H,17,18). The van der Waals surface area contributed by atoms with Crippen LogP contribution in [0.2, 0.25) is 10.0 Å². The molecule has 7 heteroatoms. The van der Waals surface area contributed by atoms with E-state index < -0.39 is 16.0 Å². The fourth-order valence-electron chi connectivity index (χ4n) is 1.57. The van der Waals surface area contributed by atoms with Gasteiger partial charge in [-0.15, -0.1) is 0 Å². The van der Waals surface area contributed by atoms with E-state index >= 15 is 0 Å². The van der Waals surface area contributed by atoms with E-state index in [1.165, 1.54) is 12.1 Å². The Morgan fingerprint density at radius 3 is 2.50 bits per heavy atom. The molecule has 0 aliphatic carbocycles. The SMILES string of the molecule is CCC(C)S(=O)C(C)C(=O)Nc1c(N)cc(Cl)cc1Cl. The van der Waals surface area contributed by atoms with Crippen LogP contribution < -0.4 is 11.1 Å². The molecule has 0 aromatic heterocycles. The van der Waals surface area contributed by atoms with Crippen molar-refractivity contribution in [3.8, 4) is 0 Å². The molecule has 0 fully saturated rings. The average molecular weight is 337 g/mol. The first kappa shape index (κ1) is 17.3. The number of nitrogens with two attached hydrogens (primary N) is 1. The average Bonchev–Trinajstić information content (AvgIpc) is 2.39. The van der Waals surface area contributed by atoms with Gasteiger partial charge in [0.25, 0.3) is 0 Å². The van der Waals surface area contributed by atoms with Gasteiger partial charge in [-0.3, -0.25) is 9.00 Å². The van der Waals surface area contributed by atoms with E-state index in [2.05, 4.69) is 5.32 Å². The summed E-state index contributed by atoms with van der Waals surface area (Å²) >= 11 is 11.8. The van der Waals surface area contributed by atoms with Crippen LogP contribution in [0.1, 0.15) is 27.2 Å². The monoisotopic (exact) mass is 336 g/mol. The van der Waals surface area contributed by atoms with Crippen LogP contribution >= 0.6 is 23.2 Å². The summed E-state index contributed by atoms with van der Waals surface area (Å²) in [6.45, 7) is 5.41. The largest absolute Gasteiger partial charge is 0.397 e. The number of rotatable bonds is 5. The first-order valence-electron chi connectivity index (χ1n) is 6.22. The third kappa shape index (κ3) is 4.11. The number of nitrogens with one attached hydrogen (secondary N) is 1. The summed E-state index contributed by atoms with van der Waals surface area (Å²) in [5, 5.41) is 2.57. The molecule has 0 aliphatic heterocycles. The molecule has 0 saturated heterocycles. The zero-order chi connectivity index (χ0) is 15.4. The summed E-state index contributed by atoms with van der Waals surface area (Å²) < 4.78 is 12.1. The van der Waals surface area contributed by atoms with Gasteiger partial charge in [0, 0.05) is 21.1 Å². The molecule has 0 spiro atoms. The van der Waals surface area contributed by atoms with Gasteiger partial charge in [-0.1, -0.05) is 37.0 Å². The summed E-state index contributed by atoms with van der Waals surface area (Å²) in [6.07, 6.45) is 0.744. The van der Waals surface area contributed by atoms with Gasteiger partial charge in [0.15, 0.2) is 0 Å². The molecule has 0 aliphatic rings. The van der Waals surface area contributed by atoms with Gasteiger partial charge < -0.3 is 11.1 Å². The van der Waals surface area contributed by atoms with Gasteiger partial charge in [0.1, 0.15) is 5.25 Å². The Kier molecular flexibility index (Phi) is 6.30. The van der Waals surface area contributed by atoms with E-state index in [4.69, 9.17) is 28.9 Å². The van der Waals surface area contributed by atoms with Crippen molar-refractivity contribution in [3.05, 3.63) is 22.2 Å². The molecule has 0 radical (unpaired) electrons. The Labute approximate surface area is 131 Å². The number of benzene rings is 1. The fraction of sp³-hybridized carbons (Fsp3) is 0.462. The van der Waals surface area contributed by atoms with Crippen LogP contribution in [-0.4, -0.2) is 20.6 Å². The number of carbonyl (C=O) groups is 1. The second kappa shape index (κ2) is 7.29. The number of amides is 1. The summed E-state index contributed by atoms with van der Waals surface area (Å²) in [6, 6.07) is 2.99. The van der Waals surface area contributed by atoms with E-state index in [1.807, 2.05) is 13.8 Å². The van der Waals surface area contributed by atoms with Crippen molar-refractivity contribution in [2.75, 3.05) is 11.1 Å². The van der Waals surface area contributed by atoms with Crippen LogP contribution in [0.15, 0.2) is 12.1 Å². The number of hydrogen-bond donors (Lipinski definition) is 2. The molecule has 1 amide bonds. The second-order valence-electron chi connectivity index (χ2n) is 4.53.